The number of benzene rings is 1. The number of hydrogen-bond donors (Lipinski definition) is 2. The van der Waals surface area contributed by atoms with Crippen LogP contribution in [-0.4, -0.2) is 34.9 Å². The van der Waals surface area contributed by atoms with E-state index < -0.39 is 0 Å². The summed E-state index contributed by atoms with van der Waals surface area (Å²) < 4.78 is 0. The zero-order valence-electron chi connectivity index (χ0n) is 19.0. The summed E-state index contributed by atoms with van der Waals surface area (Å²) in [5, 5.41) is 6.95. The summed E-state index contributed by atoms with van der Waals surface area (Å²) in [5.41, 5.74) is 3.69. The van der Waals surface area contributed by atoms with Crippen molar-refractivity contribution >= 4 is 11.7 Å². The lowest BCUT2D eigenvalue weighted by Gasteiger charge is -2.41. The zero-order valence-corrected chi connectivity index (χ0v) is 19.0. The normalized spacial score (nSPS) is 19.7. The molecular weight excluding hydrogens is 384 g/mol. The predicted molar refractivity (Wildman–Crippen MR) is 126 cm³/mol. The standard InChI is InChI=1S/C26H36N4O/c1-20-10-11-25(27-18-20)28-23-12-16-30(17-13-23)19-22-8-4-5-9-24(22)26(29-21(2)31)14-6-3-7-15-26/h4-5,8-11,18,23H,3,6-7,12-17,19H2,1-2H3,(H,27,28)(H,29,31). The number of nitrogens with zero attached hydrogens (tertiary/aromatic N) is 2. The topological polar surface area (TPSA) is 57.3 Å². The van der Waals surface area contributed by atoms with Gasteiger partial charge in [0.15, 0.2) is 0 Å². The third-order valence-electron chi connectivity index (χ3n) is 6.90. The van der Waals surface area contributed by atoms with Crippen LogP contribution in [0.25, 0.3) is 0 Å². The number of rotatable bonds is 6. The van der Waals surface area contributed by atoms with Crippen LogP contribution in [-0.2, 0) is 16.9 Å². The van der Waals surface area contributed by atoms with Gasteiger partial charge >= 0.3 is 0 Å². The molecule has 5 heteroatoms. The van der Waals surface area contributed by atoms with Gasteiger partial charge in [-0.3, -0.25) is 9.69 Å². The number of likely N-dealkylation sites (tertiary alicyclic amines) is 1. The van der Waals surface area contributed by atoms with Gasteiger partial charge < -0.3 is 10.6 Å². The average molecular weight is 421 g/mol. The number of carbonyl (C=O) groups excluding carboxylic acids is 1. The van der Waals surface area contributed by atoms with E-state index in [1.165, 1.54) is 36.0 Å². The van der Waals surface area contributed by atoms with Crippen LogP contribution in [0.1, 0.15) is 68.6 Å². The molecule has 2 aliphatic rings. The molecule has 1 aromatic carbocycles. The third-order valence-corrected chi connectivity index (χ3v) is 6.90. The van der Waals surface area contributed by atoms with E-state index in [1.54, 1.807) is 6.92 Å². The maximum Gasteiger partial charge on any atom is 0.217 e. The van der Waals surface area contributed by atoms with Crippen LogP contribution in [0.3, 0.4) is 0 Å². The minimum absolute atomic E-state index is 0.0771. The van der Waals surface area contributed by atoms with Gasteiger partial charge in [-0.05, 0) is 55.4 Å². The van der Waals surface area contributed by atoms with Gasteiger partial charge in [-0.25, -0.2) is 4.98 Å². The van der Waals surface area contributed by atoms with Crippen molar-refractivity contribution in [1.29, 1.82) is 0 Å². The van der Waals surface area contributed by atoms with Crippen molar-refractivity contribution in [3.8, 4) is 0 Å². The third kappa shape index (κ3) is 5.45. The van der Waals surface area contributed by atoms with Gasteiger partial charge in [-0.1, -0.05) is 49.6 Å². The molecule has 0 spiro atoms. The second-order valence-corrected chi connectivity index (χ2v) is 9.40. The molecule has 0 unspecified atom stereocenters. The van der Waals surface area contributed by atoms with E-state index in [9.17, 15) is 4.79 Å². The first-order valence-corrected chi connectivity index (χ1v) is 11.8. The molecule has 1 aromatic heterocycles. The first-order chi connectivity index (χ1) is 15.0. The van der Waals surface area contributed by atoms with E-state index in [0.717, 1.165) is 51.1 Å². The molecule has 1 aliphatic heterocycles. The fourth-order valence-corrected chi connectivity index (χ4v) is 5.32. The number of aryl methyl sites for hydroxylation is 1. The van der Waals surface area contributed by atoms with Gasteiger partial charge in [0.25, 0.3) is 0 Å². The quantitative estimate of drug-likeness (QED) is 0.707. The smallest absolute Gasteiger partial charge is 0.217 e. The summed E-state index contributed by atoms with van der Waals surface area (Å²) in [4.78, 5) is 19.1. The van der Waals surface area contributed by atoms with Gasteiger partial charge in [-0.2, -0.15) is 0 Å². The Morgan fingerprint density at radius 3 is 2.52 bits per heavy atom. The van der Waals surface area contributed by atoms with Crippen molar-refractivity contribution in [3.63, 3.8) is 0 Å². The number of pyridine rings is 1. The van der Waals surface area contributed by atoms with Crippen LogP contribution < -0.4 is 10.6 Å². The molecule has 1 saturated heterocycles. The molecule has 2 aromatic rings. The predicted octanol–water partition coefficient (Wildman–Crippen LogP) is 4.76. The van der Waals surface area contributed by atoms with E-state index >= 15 is 0 Å². The van der Waals surface area contributed by atoms with E-state index in [2.05, 4.69) is 63.8 Å². The Bertz CT molecular complexity index is 865. The Kier molecular flexibility index (Phi) is 6.91. The number of anilines is 1. The van der Waals surface area contributed by atoms with Crippen molar-refractivity contribution in [2.45, 2.75) is 76.9 Å². The van der Waals surface area contributed by atoms with E-state index in [4.69, 9.17) is 0 Å². The second kappa shape index (κ2) is 9.82. The molecule has 2 heterocycles. The summed E-state index contributed by atoms with van der Waals surface area (Å²) in [6.45, 7) is 6.82. The molecule has 2 N–H and O–H groups in total. The molecule has 5 nitrogen and oxygen atoms in total. The lowest BCUT2D eigenvalue weighted by Crippen LogP contribution is -2.47. The van der Waals surface area contributed by atoms with Crippen molar-refractivity contribution in [1.82, 2.24) is 15.2 Å². The van der Waals surface area contributed by atoms with Gasteiger partial charge in [0.2, 0.25) is 5.91 Å². The first-order valence-electron chi connectivity index (χ1n) is 11.8. The average Bonchev–Trinajstić information content (AvgIpc) is 2.77. The lowest BCUT2D eigenvalue weighted by molar-refractivity contribution is -0.121. The van der Waals surface area contributed by atoms with Crippen LogP contribution >= 0.6 is 0 Å². The molecule has 31 heavy (non-hydrogen) atoms. The maximum atomic E-state index is 12.1. The number of carbonyl (C=O) groups is 1. The zero-order chi connectivity index (χ0) is 21.7. The molecule has 4 rings (SSSR count). The summed E-state index contributed by atoms with van der Waals surface area (Å²) >= 11 is 0. The summed E-state index contributed by atoms with van der Waals surface area (Å²) in [6.07, 6.45) is 9.86. The Labute approximate surface area is 186 Å². The molecule has 0 bridgehead atoms. The highest BCUT2D eigenvalue weighted by atomic mass is 16.1. The molecule has 0 atom stereocenters. The fraction of sp³-hybridized carbons (Fsp3) is 0.538. The van der Waals surface area contributed by atoms with Crippen molar-refractivity contribution in [2.24, 2.45) is 0 Å². The highest BCUT2D eigenvalue weighted by Crippen LogP contribution is 2.39. The number of hydrogen-bond acceptors (Lipinski definition) is 4. The minimum atomic E-state index is -0.197. The Morgan fingerprint density at radius 1 is 1.10 bits per heavy atom. The van der Waals surface area contributed by atoms with E-state index in [0.29, 0.717) is 6.04 Å². The number of amides is 1. The summed E-state index contributed by atoms with van der Waals surface area (Å²) in [6, 6.07) is 13.4. The maximum absolute atomic E-state index is 12.1. The van der Waals surface area contributed by atoms with Gasteiger partial charge in [-0.15, -0.1) is 0 Å². The summed E-state index contributed by atoms with van der Waals surface area (Å²) in [7, 11) is 0. The van der Waals surface area contributed by atoms with Crippen LogP contribution in [0.2, 0.25) is 0 Å². The van der Waals surface area contributed by atoms with Crippen molar-refractivity contribution in [3.05, 3.63) is 59.3 Å². The van der Waals surface area contributed by atoms with Crippen molar-refractivity contribution in [2.75, 3.05) is 18.4 Å². The number of aromatic nitrogens is 1. The molecule has 1 aliphatic carbocycles. The highest BCUT2D eigenvalue weighted by molar-refractivity contribution is 5.74. The highest BCUT2D eigenvalue weighted by Gasteiger charge is 2.36. The van der Waals surface area contributed by atoms with Crippen LogP contribution in [0, 0.1) is 6.92 Å². The molecule has 1 saturated carbocycles. The van der Waals surface area contributed by atoms with Crippen LogP contribution in [0.4, 0.5) is 5.82 Å². The Morgan fingerprint density at radius 2 is 1.84 bits per heavy atom. The van der Waals surface area contributed by atoms with Gasteiger partial charge in [0.1, 0.15) is 5.82 Å². The number of piperidine rings is 1. The lowest BCUT2D eigenvalue weighted by atomic mass is 9.74. The summed E-state index contributed by atoms with van der Waals surface area (Å²) in [5.74, 6) is 1.05. The van der Waals surface area contributed by atoms with Crippen molar-refractivity contribution < 1.29 is 4.79 Å². The Balaban J connectivity index is 1.41. The van der Waals surface area contributed by atoms with E-state index in [1.807, 2.05) is 6.20 Å². The monoisotopic (exact) mass is 420 g/mol. The number of nitrogens with one attached hydrogen (secondary N) is 2. The molecule has 0 radical (unpaired) electrons. The SMILES string of the molecule is CC(=O)NC1(c2ccccc2CN2CCC(Nc3ccc(C)cn3)CC2)CCCCC1. The fourth-order valence-electron chi connectivity index (χ4n) is 5.32. The van der Waals surface area contributed by atoms with Gasteiger partial charge in [0.05, 0.1) is 5.54 Å². The van der Waals surface area contributed by atoms with Crippen LogP contribution in [0.5, 0.6) is 0 Å². The minimum Gasteiger partial charge on any atom is -0.367 e. The Hall–Kier alpha value is -2.40. The van der Waals surface area contributed by atoms with Gasteiger partial charge in [0, 0.05) is 38.8 Å². The molecule has 166 valence electrons. The second-order valence-electron chi connectivity index (χ2n) is 9.40. The first kappa shape index (κ1) is 21.8. The van der Waals surface area contributed by atoms with E-state index in [-0.39, 0.29) is 11.4 Å². The molecule has 2 fully saturated rings. The molecular formula is C26H36N4O. The largest absolute Gasteiger partial charge is 0.367 e. The van der Waals surface area contributed by atoms with Crippen LogP contribution in [0.15, 0.2) is 42.6 Å². The molecule has 1 amide bonds.